The van der Waals surface area contributed by atoms with E-state index in [4.69, 9.17) is 10.5 Å². The van der Waals surface area contributed by atoms with Crippen molar-refractivity contribution in [1.29, 1.82) is 0 Å². The average Bonchev–Trinajstić information content (AvgIpc) is 2.46. The normalized spacial score (nSPS) is 13.0. The van der Waals surface area contributed by atoms with E-state index < -0.39 is 22.0 Å². The first-order valence-electron chi connectivity index (χ1n) is 6.90. The Kier molecular flexibility index (Phi) is 6.51. The third-order valence-corrected chi connectivity index (χ3v) is 4.98. The number of benzene rings is 1. The third-order valence-electron chi connectivity index (χ3n) is 3.17. The largest absolute Gasteiger partial charge is 0.383 e. The van der Waals surface area contributed by atoms with Gasteiger partial charge in [0.1, 0.15) is 6.04 Å². The van der Waals surface area contributed by atoms with Gasteiger partial charge in [0.15, 0.2) is 0 Å². The molecule has 0 aromatic heterocycles. The molecule has 0 saturated carbocycles. The Hall–Kier alpha value is -1.68. The van der Waals surface area contributed by atoms with Crippen LogP contribution in [-0.2, 0) is 19.6 Å². The lowest BCUT2D eigenvalue weighted by Gasteiger charge is -2.21. The van der Waals surface area contributed by atoms with Crippen molar-refractivity contribution in [2.24, 2.45) is 5.73 Å². The van der Waals surface area contributed by atoms with Gasteiger partial charge >= 0.3 is 0 Å². The van der Waals surface area contributed by atoms with Crippen LogP contribution in [0.15, 0.2) is 23.1 Å². The summed E-state index contributed by atoms with van der Waals surface area (Å²) in [6.45, 7) is 0.0683. The number of nitrogens with zero attached hydrogens (tertiary/aromatic N) is 2. The van der Waals surface area contributed by atoms with E-state index in [1.165, 1.54) is 33.3 Å². The zero-order chi connectivity index (χ0) is 17.8. The van der Waals surface area contributed by atoms with Crippen molar-refractivity contribution < 1.29 is 17.9 Å². The molecule has 1 aromatic carbocycles. The fraction of sp³-hybridized carbons (Fsp3) is 0.500. The molecular weight excluding hydrogens is 320 g/mol. The van der Waals surface area contributed by atoms with Crippen LogP contribution in [-0.4, -0.2) is 66.6 Å². The van der Waals surface area contributed by atoms with Crippen molar-refractivity contribution >= 4 is 27.3 Å². The molecule has 130 valence electrons. The molecule has 9 heteroatoms. The number of rotatable bonds is 7. The Bertz CT molecular complexity index is 659. The molecule has 23 heavy (non-hydrogen) atoms. The Balaban J connectivity index is 3.25. The lowest BCUT2D eigenvalue weighted by Crippen LogP contribution is -2.39. The fourth-order valence-electron chi connectivity index (χ4n) is 1.86. The van der Waals surface area contributed by atoms with Crippen LogP contribution < -0.4 is 16.0 Å². The number of sulfonamides is 1. The van der Waals surface area contributed by atoms with E-state index in [1.807, 2.05) is 0 Å². The molecule has 0 fully saturated rings. The molecule has 1 amide bonds. The van der Waals surface area contributed by atoms with E-state index in [0.717, 1.165) is 4.31 Å². The highest BCUT2D eigenvalue weighted by Gasteiger charge is 2.21. The van der Waals surface area contributed by atoms with Crippen LogP contribution in [0, 0.1) is 0 Å². The van der Waals surface area contributed by atoms with Crippen molar-refractivity contribution in [1.82, 2.24) is 4.31 Å². The van der Waals surface area contributed by atoms with E-state index in [-0.39, 0.29) is 11.5 Å². The number of hydrogen-bond donors (Lipinski definition) is 2. The molecule has 0 aliphatic carbocycles. The average molecular weight is 344 g/mol. The fourth-order valence-corrected chi connectivity index (χ4v) is 2.79. The van der Waals surface area contributed by atoms with Crippen LogP contribution in [0.1, 0.15) is 0 Å². The van der Waals surface area contributed by atoms with E-state index in [0.29, 0.717) is 11.4 Å². The summed E-state index contributed by atoms with van der Waals surface area (Å²) in [5.74, 6) is -0.450. The highest BCUT2D eigenvalue weighted by molar-refractivity contribution is 7.89. The highest BCUT2D eigenvalue weighted by atomic mass is 32.2. The number of ether oxygens (including phenoxy) is 1. The summed E-state index contributed by atoms with van der Waals surface area (Å²) in [6.07, 6.45) is 0. The first-order chi connectivity index (χ1) is 10.6. The van der Waals surface area contributed by atoms with Gasteiger partial charge in [0, 0.05) is 35.3 Å². The van der Waals surface area contributed by atoms with E-state index in [9.17, 15) is 13.2 Å². The van der Waals surface area contributed by atoms with Crippen LogP contribution in [0.5, 0.6) is 0 Å². The Labute approximate surface area is 137 Å². The van der Waals surface area contributed by atoms with Crippen molar-refractivity contribution in [3.05, 3.63) is 18.2 Å². The lowest BCUT2D eigenvalue weighted by atomic mass is 10.2. The Morgan fingerprint density at radius 3 is 2.39 bits per heavy atom. The smallest absolute Gasteiger partial charge is 0.243 e. The maximum Gasteiger partial charge on any atom is 0.243 e. The van der Waals surface area contributed by atoms with Gasteiger partial charge in [-0.1, -0.05) is 0 Å². The molecule has 8 nitrogen and oxygen atoms in total. The minimum absolute atomic E-state index is 0.0683. The van der Waals surface area contributed by atoms with E-state index in [2.05, 4.69) is 5.32 Å². The van der Waals surface area contributed by atoms with Gasteiger partial charge in [0.05, 0.1) is 22.9 Å². The molecule has 0 saturated heterocycles. The maximum absolute atomic E-state index is 12.2. The van der Waals surface area contributed by atoms with E-state index in [1.54, 1.807) is 25.1 Å². The first-order valence-corrected chi connectivity index (χ1v) is 8.34. The van der Waals surface area contributed by atoms with Crippen molar-refractivity contribution in [3.63, 3.8) is 0 Å². The molecule has 1 rings (SSSR count). The van der Waals surface area contributed by atoms with Crippen LogP contribution in [0.2, 0.25) is 0 Å². The molecular formula is C14H24N4O4S. The van der Waals surface area contributed by atoms with Gasteiger partial charge in [0.2, 0.25) is 15.9 Å². The molecule has 0 aliphatic heterocycles. The van der Waals surface area contributed by atoms with Gasteiger partial charge in [-0.25, -0.2) is 12.7 Å². The minimum Gasteiger partial charge on any atom is -0.383 e. The number of nitrogens with one attached hydrogen (secondary N) is 1. The first kappa shape index (κ1) is 19.4. The molecule has 1 aromatic rings. The number of methoxy groups -OCH3 is 1. The monoisotopic (exact) mass is 344 g/mol. The summed E-state index contributed by atoms with van der Waals surface area (Å²) < 4.78 is 30.4. The van der Waals surface area contributed by atoms with Gasteiger partial charge < -0.3 is 20.7 Å². The summed E-state index contributed by atoms with van der Waals surface area (Å²) in [5.41, 5.74) is 6.73. The second-order valence-corrected chi connectivity index (χ2v) is 7.56. The zero-order valence-electron chi connectivity index (χ0n) is 14.0. The second kappa shape index (κ2) is 7.73. The lowest BCUT2D eigenvalue weighted by molar-refractivity contribution is -0.118. The van der Waals surface area contributed by atoms with Gasteiger partial charge in [-0.15, -0.1) is 0 Å². The number of carbonyl (C=O) groups is 1. The molecule has 3 N–H and O–H groups in total. The quantitative estimate of drug-likeness (QED) is 0.716. The number of nitrogens with two attached hydrogens (primary N) is 1. The number of amides is 1. The van der Waals surface area contributed by atoms with Gasteiger partial charge in [-0.05, 0) is 18.2 Å². The topological polar surface area (TPSA) is 105 Å². The molecule has 0 heterocycles. The van der Waals surface area contributed by atoms with Crippen LogP contribution in [0.25, 0.3) is 0 Å². The molecule has 0 radical (unpaired) electrons. The second-order valence-electron chi connectivity index (χ2n) is 5.41. The Morgan fingerprint density at radius 2 is 1.91 bits per heavy atom. The number of carbonyl (C=O) groups excluding carboxylic acids is 1. The molecule has 0 spiro atoms. The summed E-state index contributed by atoms with van der Waals surface area (Å²) in [6, 6.07) is 3.70. The standard InChI is InChI=1S/C14H24N4O4S/c1-17(2)13-7-6-10(23(20,21)18(3)4)8-12(13)16-14(19)11(15)9-22-5/h6-8,11H,9,15H2,1-5H3,(H,16,19). The summed E-state index contributed by atoms with van der Waals surface area (Å²) >= 11 is 0. The zero-order valence-corrected chi connectivity index (χ0v) is 14.8. The molecule has 0 bridgehead atoms. The van der Waals surface area contributed by atoms with Crippen molar-refractivity contribution in [3.8, 4) is 0 Å². The predicted molar refractivity (Wildman–Crippen MR) is 90.1 cm³/mol. The van der Waals surface area contributed by atoms with Crippen LogP contribution in [0.4, 0.5) is 11.4 Å². The molecule has 1 atom stereocenters. The maximum atomic E-state index is 12.2. The van der Waals surface area contributed by atoms with Crippen LogP contribution >= 0.6 is 0 Å². The Morgan fingerprint density at radius 1 is 1.30 bits per heavy atom. The van der Waals surface area contributed by atoms with Crippen molar-refractivity contribution in [2.45, 2.75) is 10.9 Å². The highest BCUT2D eigenvalue weighted by Crippen LogP contribution is 2.28. The van der Waals surface area contributed by atoms with Gasteiger partial charge in [-0.3, -0.25) is 4.79 Å². The summed E-state index contributed by atoms with van der Waals surface area (Å²) in [5, 5.41) is 2.66. The number of anilines is 2. The van der Waals surface area contributed by atoms with E-state index >= 15 is 0 Å². The van der Waals surface area contributed by atoms with Gasteiger partial charge in [0.25, 0.3) is 0 Å². The predicted octanol–water partition coefficient (Wildman–Crippen LogP) is -0.0849. The van der Waals surface area contributed by atoms with Crippen molar-refractivity contribution in [2.75, 3.05) is 52.1 Å². The molecule has 1 unspecified atom stereocenters. The van der Waals surface area contributed by atoms with Crippen LogP contribution in [0.3, 0.4) is 0 Å². The number of hydrogen-bond acceptors (Lipinski definition) is 6. The third kappa shape index (κ3) is 4.64. The summed E-state index contributed by atoms with van der Waals surface area (Å²) in [4.78, 5) is 13.9. The minimum atomic E-state index is -3.60. The molecule has 0 aliphatic rings. The van der Waals surface area contributed by atoms with Gasteiger partial charge in [-0.2, -0.15) is 0 Å². The summed E-state index contributed by atoms with van der Waals surface area (Å²) in [7, 11) is 4.32. The SMILES string of the molecule is COCC(N)C(=O)Nc1cc(S(=O)(=O)N(C)C)ccc1N(C)C.